The number of nitrogens with zero attached hydrogens (tertiary/aromatic N) is 3. The van der Waals surface area contributed by atoms with E-state index >= 15 is 0 Å². The van der Waals surface area contributed by atoms with Gasteiger partial charge in [0.15, 0.2) is 16.8 Å². The van der Waals surface area contributed by atoms with Crippen LogP contribution in [0.1, 0.15) is 16.6 Å². The molecule has 0 radical (unpaired) electrons. The Kier molecular flexibility index (Phi) is 5.93. The number of methoxy groups -OCH3 is 1. The van der Waals surface area contributed by atoms with Crippen LogP contribution in [0.5, 0.6) is 5.75 Å². The molecule has 2 aromatic heterocycles. The molecule has 25 heavy (non-hydrogen) atoms. The number of ether oxygens (including phenoxy) is 1. The molecule has 3 aromatic rings. The Morgan fingerprint density at radius 3 is 2.76 bits per heavy atom. The van der Waals surface area contributed by atoms with Gasteiger partial charge in [-0.2, -0.15) is 0 Å². The van der Waals surface area contributed by atoms with Gasteiger partial charge < -0.3 is 9.30 Å². The summed E-state index contributed by atoms with van der Waals surface area (Å²) in [4.78, 5) is 13.0. The van der Waals surface area contributed by atoms with Crippen molar-refractivity contribution in [1.82, 2.24) is 14.8 Å². The number of halogens is 1. The fourth-order valence-corrected chi connectivity index (χ4v) is 4.68. The number of carbonyl (C=O) groups is 1. The van der Waals surface area contributed by atoms with Gasteiger partial charge in [-0.25, -0.2) is 0 Å². The van der Waals surface area contributed by atoms with E-state index < -0.39 is 0 Å². The lowest BCUT2D eigenvalue weighted by Crippen LogP contribution is -2.04. The van der Waals surface area contributed by atoms with E-state index in [2.05, 4.69) is 26.1 Å². The Bertz CT molecular complexity index is 892. The lowest BCUT2D eigenvalue weighted by atomic mass is 10.2. The number of rotatable bonds is 7. The van der Waals surface area contributed by atoms with Crippen LogP contribution in [-0.2, 0) is 6.54 Å². The van der Waals surface area contributed by atoms with Gasteiger partial charge in [-0.3, -0.25) is 4.79 Å². The number of para-hydroxylation sites is 1. The monoisotopic (exact) mass is 437 g/mol. The van der Waals surface area contributed by atoms with E-state index in [-0.39, 0.29) is 5.78 Å². The van der Waals surface area contributed by atoms with Crippen LogP contribution in [0.15, 0.2) is 45.3 Å². The first kappa shape index (κ1) is 18.2. The third-order valence-corrected chi connectivity index (χ3v) is 6.19. The first-order chi connectivity index (χ1) is 12.1. The SMILES string of the molecule is CCn1c(SCC(=O)c2ccc(Br)s2)nnc1-c1ccccc1OC. The summed E-state index contributed by atoms with van der Waals surface area (Å²) < 4.78 is 8.38. The van der Waals surface area contributed by atoms with Crippen LogP contribution in [0.2, 0.25) is 0 Å². The van der Waals surface area contributed by atoms with Gasteiger partial charge in [0.25, 0.3) is 0 Å². The number of thioether (sulfide) groups is 1. The van der Waals surface area contributed by atoms with Gasteiger partial charge in [0.2, 0.25) is 0 Å². The van der Waals surface area contributed by atoms with Gasteiger partial charge in [0.05, 0.1) is 27.1 Å². The molecule has 0 fully saturated rings. The zero-order valence-electron chi connectivity index (χ0n) is 13.7. The molecule has 0 spiro atoms. The van der Waals surface area contributed by atoms with Crippen LogP contribution >= 0.6 is 39.0 Å². The van der Waals surface area contributed by atoms with Gasteiger partial charge in [-0.1, -0.05) is 23.9 Å². The quantitative estimate of drug-likeness (QED) is 0.393. The highest BCUT2D eigenvalue weighted by molar-refractivity contribution is 9.11. The second-order valence-corrected chi connectivity index (χ2v) is 8.47. The van der Waals surface area contributed by atoms with E-state index in [1.165, 1.54) is 23.1 Å². The van der Waals surface area contributed by atoms with Crippen molar-refractivity contribution in [2.24, 2.45) is 0 Å². The zero-order valence-corrected chi connectivity index (χ0v) is 16.9. The highest BCUT2D eigenvalue weighted by Gasteiger charge is 2.18. The Hall–Kier alpha value is -1.64. The average Bonchev–Trinajstić information content (AvgIpc) is 3.25. The molecule has 0 amide bonds. The molecule has 1 aromatic carbocycles. The van der Waals surface area contributed by atoms with E-state index in [1.54, 1.807) is 7.11 Å². The maximum absolute atomic E-state index is 12.3. The van der Waals surface area contributed by atoms with Crippen molar-refractivity contribution in [1.29, 1.82) is 0 Å². The molecule has 3 rings (SSSR count). The summed E-state index contributed by atoms with van der Waals surface area (Å²) in [5.74, 6) is 1.91. The predicted octanol–water partition coefficient (Wildman–Crippen LogP) is 4.77. The summed E-state index contributed by atoms with van der Waals surface area (Å²) in [5.41, 5.74) is 0.889. The molecule has 0 saturated carbocycles. The minimum Gasteiger partial charge on any atom is -0.496 e. The van der Waals surface area contributed by atoms with Crippen molar-refractivity contribution < 1.29 is 9.53 Å². The van der Waals surface area contributed by atoms with E-state index in [0.717, 1.165) is 31.0 Å². The lowest BCUT2D eigenvalue weighted by Gasteiger charge is -2.10. The van der Waals surface area contributed by atoms with Crippen molar-refractivity contribution in [2.75, 3.05) is 12.9 Å². The molecule has 8 heteroatoms. The molecule has 0 atom stereocenters. The topological polar surface area (TPSA) is 57.0 Å². The molecule has 0 aliphatic rings. The minimum atomic E-state index is 0.0881. The molecule has 0 aliphatic heterocycles. The van der Waals surface area contributed by atoms with Crippen LogP contribution < -0.4 is 4.74 Å². The molecule has 2 heterocycles. The summed E-state index contributed by atoms with van der Waals surface area (Å²) in [5, 5.41) is 9.32. The molecule has 0 unspecified atom stereocenters. The number of benzene rings is 1. The number of ketones is 1. The molecule has 0 N–H and O–H groups in total. The van der Waals surface area contributed by atoms with E-state index in [1.807, 2.05) is 47.9 Å². The van der Waals surface area contributed by atoms with Gasteiger partial charge in [-0.05, 0) is 47.1 Å². The third kappa shape index (κ3) is 3.96. The number of hydrogen-bond acceptors (Lipinski definition) is 6. The zero-order chi connectivity index (χ0) is 17.8. The highest BCUT2D eigenvalue weighted by atomic mass is 79.9. The Labute approximate surface area is 162 Å². The summed E-state index contributed by atoms with van der Waals surface area (Å²) in [6.07, 6.45) is 0. The predicted molar refractivity (Wildman–Crippen MR) is 105 cm³/mol. The number of thiophene rings is 1. The Balaban J connectivity index is 1.82. The maximum atomic E-state index is 12.3. The summed E-state index contributed by atoms with van der Waals surface area (Å²) in [6.45, 7) is 2.74. The fraction of sp³-hybridized carbons (Fsp3) is 0.235. The summed E-state index contributed by atoms with van der Waals surface area (Å²) in [6, 6.07) is 11.4. The highest BCUT2D eigenvalue weighted by Crippen LogP contribution is 2.31. The first-order valence-corrected chi connectivity index (χ1v) is 10.2. The molecule has 130 valence electrons. The summed E-state index contributed by atoms with van der Waals surface area (Å²) >= 11 is 6.23. The standard InChI is InChI=1S/C17H16BrN3O2S2/c1-3-21-16(11-6-4-5-7-13(11)23-2)19-20-17(21)24-10-12(22)14-8-9-15(18)25-14/h4-9H,3,10H2,1-2H3. The number of Topliss-reactive ketones (excluding diaryl/α,β-unsaturated/α-hetero) is 1. The van der Waals surface area contributed by atoms with Crippen LogP contribution in [0.4, 0.5) is 0 Å². The Morgan fingerprint density at radius 2 is 2.08 bits per heavy atom. The molecule has 0 saturated heterocycles. The van der Waals surface area contributed by atoms with Crippen LogP contribution in [0.25, 0.3) is 11.4 Å². The van der Waals surface area contributed by atoms with Gasteiger partial charge in [0.1, 0.15) is 5.75 Å². The van der Waals surface area contributed by atoms with Crippen molar-refractivity contribution >= 4 is 44.8 Å². The maximum Gasteiger partial charge on any atom is 0.191 e. The smallest absolute Gasteiger partial charge is 0.191 e. The van der Waals surface area contributed by atoms with Crippen molar-refractivity contribution in [3.05, 3.63) is 45.1 Å². The number of aromatic nitrogens is 3. The molecular formula is C17H16BrN3O2S2. The summed E-state index contributed by atoms with van der Waals surface area (Å²) in [7, 11) is 1.64. The lowest BCUT2D eigenvalue weighted by molar-refractivity contribution is 0.102. The van der Waals surface area contributed by atoms with Crippen molar-refractivity contribution in [3.63, 3.8) is 0 Å². The molecule has 5 nitrogen and oxygen atoms in total. The average molecular weight is 438 g/mol. The Morgan fingerprint density at radius 1 is 1.28 bits per heavy atom. The van der Waals surface area contributed by atoms with Crippen molar-refractivity contribution in [2.45, 2.75) is 18.6 Å². The van der Waals surface area contributed by atoms with E-state index in [4.69, 9.17) is 4.74 Å². The fourth-order valence-electron chi connectivity index (χ4n) is 2.37. The number of hydrogen-bond donors (Lipinski definition) is 0. The van der Waals surface area contributed by atoms with E-state index in [0.29, 0.717) is 12.3 Å². The third-order valence-electron chi connectivity index (χ3n) is 3.56. The molecule has 0 bridgehead atoms. The minimum absolute atomic E-state index is 0.0881. The normalized spacial score (nSPS) is 10.8. The van der Waals surface area contributed by atoms with Gasteiger partial charge >= 0.3 is 0 Å². The van der Waals surface area contributed by atoms with Gasteiger partial charge in [-0.15, -0.1) is 21.5 Å². The molecule has 0 aliphatic carbocycles. The van der Waals surface area contributed by atoms with E-state index in [9.17, 15) is 4.79 Å². The van der Waals surface area contributed by atoms with Crippen LogP contribution in [0.3, 0.4) is 0 Å². The van der Waals surface area contributed by atoms with Crippen LogP contribution in [0, 0.1) is 0 Å². The van der Waals surface area contributed by atoms with Gasteiger partial charge in [0, 0.05) is 6.54 Å². The van der Waals surface area contributed by atoms with Crippen LogP contribution in [-0.4, -0.2) is 33.4 Å². The second kappa shape index (κ2) is 8.16. The largest absolute Gasteiger partial charge is 0.496 e. The second-order valence-electron chi connectivity index (χ2n) is 5.07. The first-order valence-electron chi connectivity index (χ1n) is 7.62. The molecular weight excluding hydrogens is 422 g/mol. The number of carbonyl (C=O) groups excluding carboxylic acids is 1. The van der Waals surface area contributed by atoms with Crippen molar-refractivity contribution in [3.8, 4) is 17.1 Å².